The Bertz CT molecular complexity index is 664. The third kappa shape index (κ3) is 5.17. The van der Waals surface area contributed by atoms with E-state index < -0.39 is 0 Å². The van der Waals surface area contributed by atoms with Crippen LogP contribution in [0.25, 0.3) is 0 Å². The molecule has 0 aliphatic heterocycles. The van der Waals surface area contributed by atoms with Crippen molar-refractivity contribution in [3.63, 3.8) is 0 Å². The van der Waals surface area contributed by atoms with Gasteiger partial charge in [0.2, 0.25) is 0 Å². The number of rotatable bonds is 5. The lowest BCUT2D eigenvalue weighted by Gasteiger charge is -2.09. The number of nitrogens with two attached hydrogens (primary N) is 1. The van der Waals surface area contributed by atoms with Gasteiger partial charge < -0.3 is 5.73 Å². The van der Waals surface area contributed by atoms with Crippen LogP contribution in [0.5, 0.6) is 0 Å². The van der Waals surface area contributed by atoms with Crippen LogP contribution in [-0.2, 0) is 5.75 Å². The zero-order valence-corrected chi connectivity index (χ0v) is 15.6. The van der Waals surface area contributed by atoms with Gasteiger partial charge in [-0.25, -0.2) is 4.99 Å². The first-order valence-corrected chi connectivity index (χ1v) is 9.25. The minimum atomic E-state index is 0.497. The highest BCUT2D eigenvalue weighted by Gasteiger charge is 2.07. The highest BCUT2D eigenvalue weighted by atomic mass is 35.5. The normalized spacial score (nSPS) is 13.1. The van der Waals surface area contributed by atoms with E-state index in [0.717, 1.165) is 17.7 Å². The zero-order valence-electron chi connectivity index (χ0n) is 13.2. The summed E-state index contributed by atoms with van der Waals surface area (Å²) in [6.45, 7) is 4.40. The first-order valence-electron chi connectivity index (χ1n) is 7.51. The number of thioether (sulfide) groups is 1. The molecule has 0 aliphatic carbocycles. The van der Waals surface area contributed by atoms with E-state index in [-0.39, 0.29) is 0 Å². The molecule has 0 heterocycles. The number of hydrogen-bond acceptors (Lipinski definition) is 2. The Kier molecular flexibility index (Phi) is 6.82. The summed E-state index contributed by atoms with van der Waals surface area (Å²) in [5.74, 6) is 1.15. The lowest BCUT2D eigenvalue weighted by molar-refractivity contribution is 0.734. The SMILES string of the molecule is CC[C@@H](C)c1ccc(N=C(N)SCc2c(Cl)cccc2Cl)cc1. The molecule has 122 valence electrons. The fraction of sp³-hybridized carbons (Fsp3) is 0.278. The predicted octanol–water partition coefficient (Wildman–Crippen LogP) is 6.39. The number of hydrogen-bond donors (Lipinski definition) is 1. The van der Waals surface area contributed by atoms with E-state index >= 15 is 0 Å². The molecule has 23 heavy (non-hydrogen) atoms. The van der Waals surface area contributed by atoms with Crippen molar-refractivity contribution < 1.29 is 0 Å². The highest BCUT2D eigenvalue weighted by Crippen LogP contribution is 2.29. The van der Waals surface area contributed by atoms with Crippen LogP contribution in [0.15, 0.2) is 47.5 Å². The Hall–Kier alpha value is -1.16. The Morgan fingerprint density at radius 3 is 2.30 bits per heavy atom. The van der Waals surface area contributed by atoms with Crippen LogP contribution in [-0.4, -0.2) is 5.17 Å². The van der Waals surface area contributed by atoms with Crippen LogP contribution in [0, 0.1) is 0 Å². The molecule has 2 aromatic carbocycles. The maximum Gasteiger partial charge on any atom is 0.159 e. The molecule has 0 aromatic heterocycles. The monoisotopic (exact) mass is 366 g/mol. The molecule has 2 aromatic rings. The van der Waals surface area contributed by atoms with Gasteiger partial charge in [0.25, 0.3) is 0 Å². The topological polar surface area (TPSA) is 38.4 Å². The predicted molar refractivity (Wildman–Crippen MR) is 104 cm³/mol. The summed E-state index contributed by atoms with van der Waals surface area (Å²) in [5.41, 5.74) is 9.06. The summed E-state index contributed by atoms with van der Waals surface area (Å²) in [7, 11) is 0. The van der Waals surface area contributed by atoms with Gasteiger partial charge in [0.05, 0.1) is 5.69 Å². The molecule has 5 heteroatoms. The van der Waals surface area contributed by atoms with Crippen molar-refractivity contribution in [2.75, 3.05) is 0 Å². The van der Waals surface area contributed by atoms with Gasteiger partial charge in [-0.3, -0.25) is 0 Å². The molecule has 0 unspecified atom stereocenters. The minimum absolute atomic E-state index is 0.497. The van der Waals surface area contributed by atoms with Crippen LogP contribution in [0.1, 0.15) is 37.3 Å². The molecule has 0 bridgehead atoms. The van der Waals surface area contributed by atoms with Crippen molar-refractivity contribution in [1.82, 2.24) is 0 Å². The first-order chi connectivity index (χ1) is 11.0. The molecule has 0 radical (unpaired) electrons. The highest BCUT2D eigenvalue weighted by molar-refractivity contribution is 8.13. The molecule has 0 aliphatic rings. The van der Waals surface area contributed by atoms with Crippen molar-refractivity contribution in [2.24, 2.45) is 10.7 Å². The van der Waals surface area contributed by atoms with Crippen LogP contribution < -0.4 is 5.73 Å². The second kappa shape index (κ2) is 8.62. The smallest absolute Gasteiger partial charge is 0.159 e. The Morgan fingerprint density at radius 2 is 1.74 bits per heavy atom. The largest absolute Gasteiger partial charge is 0.378 e. The van der Waals surface area contributed by atoms with Crippen LogP contribution >= 0.6 is 35.0 Å². The van der Waals surface area contributed by atoms with E-state index in [1.165, 1.54) is 17.3 Å². The maximum absolute atomic E-state index is 6.16. The van der Waals surface area contributed by atoms with Gasteiger partial charge in [0.1, 0.15) is 0 Å². The molecule has 0 amide bonds. The summed E-state index contributed by atoms with van der Waals surface area (Å²) in [6, 6.07) is 13.7. The van der Waals surface area contributed by atoms with Gasteiger partial charge in [0, 0.05) is 15.8 Å². The van der Waals surface area contributed by atoms with Gasteiger partial charge in [-0.05, 0) is 47.7 Å². The lowest BCUT2D eigenvalue weighted by Crippen LogP contribution is -2.06. The van der Waals surface area contributed by atoms with Gasteiger partial charge in [0.15, 0.2) is 5.17 Å². The van der Waals surface area contributed by atoms with Crippen molar-refractivity contribution in [2.45, 2.75) is 31.9 Å². The quantitative estimate of drug-likeness (QED) is 0.491. The summed E-state index contributed by atoms with van der Waals surface area (Å²) in [5, 5.41) is 1.80. The first kappa shape index (κ1) is 18.2. The molecule has 0 fully saturated rings. The lowest BCUT2D eigenvalue weighted by atomic mass is 9.99. The Labute approximate surface area is 152 Å². The molecule has 0 saturated heterocycles. The second-order valence-corrected chi connectivity index (χ2v) is 7.15. The van der Waals surface area contributed by atoms with Gasteiger partial charge >= 0.3 is 0 Å². The molecule has 2 N–H and O–H groups in total. The van der Waals surface area contributed by atoms with E-state index in [2.05, 4.69) is 31.0 Å². The fourth-order valence-electron chi connectivity index (χ4n) is 2.09. The number of halogens is 2. The van der Waals surface area contributed by atoms with E-state index in [9.17, 15) is 0 Å². The van der Waals surface area contributed by atoms with Gasteiger partial charge in [-0.1, -0.05) is 67.0 Å². The molecular weight excluding hydrogens is 347 g/mol. The standard InChI is InChI=1S/C18H20Cl2N2S/c1-3-12(2)13-7-9-14(10-8-13)22-18(21)23-11-15-16(19)5-4-6-17(15)20/h4-10,12H,3,11H2,1-2H3,(H2,21,22)/t12-/m1/s1. The van der Waals surface area contributed by atoms with E-state index in [0.29, 0.717) is 26.9 Å². The minimum Gasteiger partial charge on any atom is -0.378 e. The maximum atomic E-state index is 6.16. The van der Waals surface area contributed by atoms with Crippen molar-refractivity contribution in [3.8, 4) is 0 Å². The van der Waals surface area contributed by atoms with E-state index in [4.69, 9.17) is 28.9 Å². The summed E-state index contributed by atoms with van der Waals surface area (Å²) < 4.78 is 0. The van der Waals surface area contributed by atoms with Crippen molar-refractivity contribution in [1.29, 1.82) is 0 Å². The second-order valence-electron chi connectivity index (χ2n) is 5.34. The molecular formula is C18H20Cl2N2S. The molecule has 2 nitrogen and oxygen atoms in total. The number of amidine groups is 1. The number of benzene rings is 2. The van der Waals surface area contributed by atoms with E-state index in [1.54, 1.807) is 0 Å². The Balaban J connectivity index is 2.02. The number of nitrogens with zero attached hydrogens (tertiary/aromatic N) is 1. The van der Waals surface area contributed by atoms with Crippen LogP contribution in [0.2, 0.25) is 10.0 Å². The van der Waals surface area contributed by atoms with Gasteiger partial charge in [-0.2, -0.15) is 0 Å². The molecule has 0 saturated carbocycles. The van der Waals surface area contributed by atoms with Crippen molar-refractivity contribution in [3.05, 3.63) is 63.6 Å². The van der Waals surface area contributed by atoms with Crippen LogP contribution in [0.3, 0.4) is 0 Å². The molecule has 1 atom stereocenters. The zero-order chi connectivity index (χ0) is 16.8. The summed E-state index contributed by atoms with van der Waals surface area (Å²) in [4.78, 5) is 4.43. The third-order valence-electron chi connectivity index (χ3n) is 3.74. The van der Waals surface area contributed by atoms with Gasteiger partial charge in [-0.15, -0.1) is 0 Å². The van der Waals surface area contributed by atoms with Crippen molar-refractivity contribution >= 4 is 45.8 Å². The third-order valence-corrected chi connectivity index (χ3v) is 5.27. The summed E-state index contributed by atoms with van der Waals surface area (Å²) >= 11 is 13.7. The fourth-order valence-corrected chi connectivity index (χ4v) is 3.55. The average Bonchev–Trinajstić information content (AvgIpc) is 2.54. The van der Waals surface area contributed by atoms with E-state index in [1.807, 2.05) is 30.3 Å². The molecule has 2 rings (SSSR count). The number of aliphatic imine (C=N–C) groups is 1. The average molecular weight is 367 g/mol. The Morgan fingerprint density at radius 1 is 1.13 bits per heavy atom. The summed E-state index contributed by atoms with van der Waals surface area (Å²) in [6.07, 6.45) is 1.12. The van der Waals surface area contributed by atoms with Crippen LogP contribution in [0.4, 0.5) is 5.69 Å². The molecule has 0 spiro atoms.